The first-order chi connectivity index (χ1) is 15.5. The number of hydrogen-bond donors (Lipinski definition) is 2. The van der Waals surface area contributed by atoms with Gasteiger partial charge in [0.2, 0.25) is 0 Å². The van der Waals surface area contributed by atoms with Gasteiger partial charge in [-0.3, -0.25) is 14.3 Å². The van der Waals surface area contributed by atoms with Crippen LogP contribution < -0.4 is 11.3 Å². The molecular formula is C24H26N6O2. The Hall–Kier alpha value is -3.49. The molecule has 3 N–H and O–H groups in total. The third kappa shape index (κ3) is 3.90. The summed E-state index contributed by atoms with van der Waals surface area (Å²) in [6.07, 6.45) is 4.22. The molecule has 3 heterocycles. The molecule has 164 valence electrons. The highest BCUT2D eigenvalue weighted by molar-refractivity contribution is 5.74. The maximum absolute atomic E-state index is 13.1. The highest BCUT2D eigenvalue weighted by atomic mass is 16.3. The van der Waals surface area contributed by atoms with Crippen molar-refractivity contribution < 1.29 is 5.11 Å². The number of nitrogen functional groups attached to an aromatic ring is 1. The molecule has 5 rings (SSSR count). The molecule has 1 aliphatic heterocycles. The quantitative estimate of drug-likeness (QED) is 0.471. The minimum absolute atomic E-state index is 0.190. The number of rotatable bonds is 5. The average molecular weight is 431 g/mol. The number of nitrogens with zero attached hydrogens (tertiary/aromatic N) is 5. The molecule has 1 aliphatic rings. The van der Waals surface area contributed by atoms with Crippen molar-refractivity contribution >= 4 is 16.7 Å². The monoisotopic (exact) mass is 430 g/mol. The number of aromatic nitrogens is 4. The number of anilines is 1. The van der Waals surface area contributed by atoms with E-state index in [1.165, 1.54) is 10.9 Å². The van der Waals surface area contributed by atoms with Crippen molar-refractivity contribution in [1.82, 2.24) is 24.2 Å². The molecule has 0 spiro atoms. The van der Waals surface area contributed by atoms with Gasteiger partial charge >= 0.3 is 0 Å². The summed E-state index contributed by atoms with van der Waals surface area (Å²) in [5.41, 5.74) is 8.17. The zero-order valence-corrected chi connectivity index (χ0v) is 17.8. The SMILES string of the molecule is Nc1ccccc1CN1CCC(O)(Cn2cnc3c(cnn3-c3ccccc3)c2=O)CC1. The standard InChI is InChI=1S/C24H26N6O2/c25-21-9-5-4-6-18(21)15-28-12-10-24(32,11-13-28)16-29-17-26-22-20(23(29)31)14-27-30(22)19-7-2-1-3-8-19/h1-9,14,17,32H,10-13,15-16,25H2. The summed E-state index contributed by atoms with van der Waals surface area (Å²) in [6.45, 7) is 2.45. The zero-order valence-electron chi connectivity index (χ0n) is 17.8. The van der Waals surface area contributed by atoms with E-state index in [1.54, 1.807) is 10.9 Å². The minimum atomic E-state index is -0.951. The molecule has 1 fully saturated rings. The lowest BCUT2D eigenvalue weighted by Crippen LogP contribution is -2.47. The van der Waals surface area contributed by atoms with Crippen LogP contribution >= 0.6 is 0 Å². The first-order valence-electron chi connectivity index (χ1n) is 10.8. The fourth-order valence-electron chi connectivity index (χ4n) is 4.34. The molecule has 0 saturated carbocycles. The van der Waals surface area contributed by atoms with Gasteiger partial charge in [0.25, 0.3) is 5.56 Å². The summed E-state index contributed by atoms with van der Waals surface area (Å²) in [5.74, 6) is 0. The number of para-hydroxylation sites is 2. The van der Waals surface area contributed by atoms with Gasteiger partial charge in [0.15, 0.2) is 5.65 Å². The Morgan fingerprint density at radius 2 is 1.75 bits per heavy atom. The molecule has 0 bridgehead atoms. The van der Waals surface area contributed by atoms with Gasteiger partial charge in [-0.15, -0.1) is 0 Å². The van der Waals surface area contributed by atoms with Gasteiger partial charge in [-0.1, -0.05) is 36.4 Å². The Labute approximate surface area is 185 Å². The molecule has 32 heavy (non-hydrogen) atoms. The molecule has 0 atom stereocenters. The molecule has 2 aromatic heterocycles. The van der Waals surface area contributed by atoms with Crippen LogP contribution in [0.1, 0.15) is 18.4 Å². The van der Waals surface area contributed by atoms with Crippen LogP contribution in [0.5, 0.6) is 0 Å². The van der Waals surface area contributed by atoms with Crippen molar-refractivity contribution in [2.24, 2.45) is 0 Å². The Morgan fingerprint density at radius 1 is 1.03 bits per heavy atom. The number of aliphatic hydroxyl groups is 1. The van der Waals surface area contributed by atoms with Crippen molar-refractivity contribution in [2.45, 2.75) is 31.5 Å². The summed E-state index contributed by atoms with van der Waals surface area (Å²) in [7, 11) is 0. The molecule has 0 unspecified atom stereocenters. The Morgan fingerprint density at radius 3 is 2.50 bits per heavy atom. The predicted octanol–water partition coefficient (Wildman–Crippen LogP) is 2.19. The van der Waals surface area contributed by atoms with Gasteiger partial charge in [0.1, 0.15) is 11.7 Å². The molecule has 8 heteroatoms. The maximum atomic E-state index is 13.1. The normalized spacial score (nSPS) is 16.4. The van der Waals surface area contributed by atoms with Crippen LogP contribution in [-0.2, 0) is 13.1 Å². The first kappa shape index (κ1) is 20.4. The van der Waals surface area contributed by atoms with Gasteiger partial charge in [-0.25, -0.2) is 9.67 Å². The van der Waals surface area contributed by atoms with Gasteiger partial charge < -0.3 is 10.8 Å². The molecule has 0 amide bonds. The fourth-order valence-corrected chi connectivity index (χ4v) is 4.34. The second-order valence-corrected chi connectivity index (χ2v) is 8.51. The summed E-state index contributed by atoms with van der Waals surface area (Å²) in [5, 5.41) is 16.0. The van der Waals surface area contributed by atoms with Crippen molar-refractivity contribution in [3.8, 4) is 5.69 Å². The lowest BCUT2D eigenvalue weighted by molar-refractivity contribution is -0.0364. The maximum Gasteiger partial charge on any atom is 0.264 e. The van der Waals surface area contributed by atoms with Crippen molar-refractivity contribution in [3.05, 3.63) is 83.0 Å². The smallest absolute Gasteiger partial charge is 0.264 e. The molecule has 1 saturated heterocycles. The summed E-state index contributed by atoms with van der Waals surface area (Å²) >= 11 is 0. The van der Waals surface area contributed by atoms with Crippen LogP contribution in [0.4, 0.5) is 5.69 Å². The number of fused-ring (bicyclic) bond motifs is 1. The van der Waals surface area contributed by atoms with E-state index in [0.29, 0.717) is 23.9 Å². The topological polar surface area (TPSA) is 102 Å². The van der Waals surface area contributed by atoms with Crippen LogP contribution in [0.25, 0.3) is 16.7 Å². The van der Waals surface area contributed by atoms with Crippen molar-refractivity contribution in [2.75, 3.05) is 18.8 Å². The van der Waals surface area contributed by atoms with E-state index in [2.05, 4.69) is 15.0 Å². The highest BCUT2D eigenvalue weighted by Crippen LogP contribution is 2.26. The average Bonchev–Trinajstić information content (AvgIpc) is 3.24. The van der Waals surface area contributed by atoms with Crippen molar-refractivity contribution in [1.29, 1.82) is 0 Å². The largest absolute Gasteiger partial charge is 0.398 e. The predicted molar refractivity (Wildman–Crippen MR) is 123 cm³/mol. The summed E-state index contributed by atoms with van der Waals surface area (Å²) < 4.78 is 3.16. The van der Waals surface area contributed by atoms with Crippen LogP contribution in [-0.4, -0.2) is 48.0 Å². The van der Waals surface area contributed by atoms with Crippen LogP contribution in [0, 0.1) is 0 Å². The first-order valence-corrected chi connectivity index (χ1v) is 10.8. The Balaban J connectivity index is 1.31. The third-order valence-corrected chi connectivity index (χ3v) is 6.26. The van der Waals surface area contributed by atoms with E-state index in [4.69, 9.17) is 5.73 Å². The van der Waals surface area contributed by atoms with Crippen LogP contribution in [0.2, 0.25) is 0 Å². The lowest BCUT2D eigenvalue weighted by atomic mass is 9.91. The molecule has 0 radical (unpaired) electrons. The van der Waals surface area contributed by atoms with E-state index in [0.717, 1.165) is 36.6 Å². The summed E-state index contributed by atoms with van der Waals surface area (Å²) in [4.78, 5) is 19.8. The highest BCUT2D eigenvalue weighted by Gasteiger charge is 2.33. The molecule has 4 aromatic rings. The minimum Gasteiger partial charge on any atom is -0.398 e. The summed E-state index contributed by atoms with van der Waals surface area (Å²) in [6, 6.07) is 17.4. The fraction of sp³-hybridized carbons (Fsp3) is 0.292. The molecular weight excluding hydrogens is 404 g/mol. The van der Waals surface area contributed by atoms with E-state index >= 15 is 0 Å². The number of hydrogen-bond acceptors (Lipinski definition) is 6. The van der Waals surface area contributed by atoms with Gasteiger partial charge in [-0.2, -0.15) is 5.10 Å². The molecule has 0 aliphatic carbocycles. The third-order valence-electron chi connectivity index (χ3n) is 6.26. The Kier molecular flexibility index (Phi) is 5.24. The van der Waals surface area contributed by atoms with Crippen LogP contribution in [0.15, 0.2) is 71.9 Å². The van der Waals surface area contributed by atoms with Gasteiger partial charge in [-0.05, 0) is 36.6 Å². The van der Waals surface area contributed by atoms with Gasteiger partial charge in [0, 0.05) is 25.3 Å². The van der Waals surface area contributed by atoms with E-state index in [1.807, 2.05) is 54.6 Å². The van der Waals surface area contributed by atoms with Gasteiger partial charge in [0.05, 0.1) is 24.0 Å². The number of likely N-dealkylation sites (tertiary alicyclic amines) is 1. The second-order valence-electron chi connectivity index (χ2n) is 8.51. The second kappa shape index (κ2) is 8.22. The number of nitrogens with two attached hydrogens (primary N) is 1. The van der Waals surface area contributed by atoms with Crippen molar-refractivity contribution in [3.63, 3.8) is 0 Å². The van der Waals surface area contributed by atoms with E-state index < -0.39 is 5.60 Å². The zero-order chi connectivity index (χ0) is 22.1. The van der Waals surface area contributed by atoms with E-state index in [9.17, 15) is 9.90 Å². The van der Waals surface area contributed by atoms with E-state index in [-0.39, 0.29) is 12.1 Å². The lowest BCUT2D eigenvalue weighted by Gasteiger charge is -2.38. The number of benzene rings is 2. The Bertz CT molecular complexity index is 1290. The van der Waals surface area contributed by atoms with Crippen LogP contribution in [0.3, 0.4) is 0 Å². The molecule has 8 nitrogen and oxygen atoms in total. The molecule has 2 aromatic carbocycles. The number of piperidine rings is 1.